The van der Waals surface area contributed by atoms with Gasteiger partial charge in [-0.25, -0.2) is 0 Å². The van der Waals surface area contributed by atoms with Gasteiger partial charge in [0.2, 0.25) is 0 Å². The molecule has 2 N–H and O–H groups in total. The van der Waals surface area contributed by atoms with Crippen molar-refractivity contribution in [2.75, 3.05) is 18.0 Å². The van der Waals surface area contributed by atoms with Gasteiger partial charge in [0.15, 0.2) is 0 Å². The van der Waals surface area contributed by atoms with Crippen molar-refractivity contribution in [2.45, 2.75) is 26.8 Å². The number of hydrogen-bond donors (Lipinski definition) is 1. The van der Waals surface area contributed by atoms with E-state index in [1.807, 2.05) is 19.1 Å². The minimum absolute atomic E-state index is 0.436. The van der Waals surface area contributed by atoms with Gasteiger partial charge in [0.1, 0.15) is 0 Å². The second-order valence-corrected chi connectivity index (χ2v) is 4.37. The van der Waals surface area contributed by atoms with Gasteiger partial charge >= 0.3 is 0 Å². The molecule has 0 unspecified atom stereocenters. The lowest BCUT2D eigenvalue weighted by Gasteiger charge is -2.30. The van der Waals surface area contributed by atoms with Crippen molar-refractivity contribution in [3.63, 3.8) is 0 Å². The predicted molar refractivity (Wildman–Crippen MR) is 67.7 cm³/mol. The number of nitrogens with zero attached hydrogens (tertiary/aromatic N) is 1. The van der Waals surface area contributed by atoms with Crippen LogP contribution in [0, 0.1) is 6.92 Å². The third kappa shape index (κ3) is 2.86. The van der Waals surface area contributed by atoms with Gasteiger partial charge in [-0.2, -0.15) is 0 Å². The lowest BCUT2D eigenvalue weighted by atomic mass is 10.1. The van der Waals surface area contributed by atoms with Crippen LogP contribution >= 0.6 is 11.6 Å². The van der Waals surface area contributed by atoms with Crippen LogP contribution in [-0.2, 0) is 0 Å². The first-order valence-electron chi connectivity index (χ1n) is 5.29. The molecular weight excluding hydrogens is 208 g/mol. The molecule has 0 aliphatic heterocycles. The maximum atomic E-state index is 6.10. The molecule has 0 saturated heterocycles. The van der Waals surface area contributed by atoms with Gasteiger partial charge in [-0.05, 0) is 38.5 Å². The summed E-state index contributed by atoms with van der Waals surface area (Å²) < 4.78 is 0. The Morgan fingerprint density at radius 2 is 2.07 bits per heavy atom. The monoisotopic (exact) mass is 226 g/mol. The SMILES string of the molecule is Cc1c(Cl)cccc1N(CCN)C(C)C. The Kier molecular flexibility index (Phi) is 4.43. The maximum absolute atomic E-state index is 6.10. The highest BCUT2D eigenvalue weighted by molar-refractivity contribution is 6.31. The molecule has 0 fully saturated rings. The van der Waals surface area contributed by atoms with Gasteiger partial charge in [-0.15, -0.1) is 0 Å². The summed E-state index contributed by atoms with van der Waals surface area (Å²) in [6.07, 6.45) is 0. The van der Waals surface area contributed by atoms with Crippen LogP contribution in [0.4, 0.5) is 5.69 Å². The second-order valence-electron chi connectivity index (χ2n) is 3.96. The smallest absolute Gasteiger partial charge is 0.0455 e. The summed E-state index contributed by atoms with van der Waals surface area (Å²) in [6.45, 7) is 7.89. The van der Waals surface area contributed by atoms with Crippen LogP contribution in [0.15, 0.2) is 18.2 Å². The Labute approximate surface area is 97.0 Å². The second kappa shape index (κ2) is 5.38. The summed E-state index contributed by atoms with van der Waals surface area (Å²) in [5.41, 5.74) is 7.93. The molecule has 0 heterocycles. The van der Waals surface area contributed by atoms with Gasteiger partial charge < -0.3 is 10.6 Å². The zero-order valence-electron chi connectivity index (χ0n) is 9.63. The van der Waals surface area contributed by atoms with E-state index in [4.69, 9.17) is 17.3 Å². The number of rotatable bonds is 4. The van der Waals surface area contributed by atoms with Gasteiger partial charge in [0.25, 0.3) is 0 Å². The van der Waals surface area contributed by atoms with Gasteiger partial charge in [0.05, 0.1) is 0 Å². The molecule has 0 spiro atoms. The van der Waals surface area contributed by atoms with E-state index in [0.717, 1.165) is 17.1 Å². The first-order valence-corrected chi connectivity index (χ1v) is 5.67. The molecule has 84 valence electrons. The highest BCUT2D eigenvalue weighted by Crippen LogP contribution is 2.27. The average molecular weight is 227 g/mol. The summed E-state index contributed by atoms with van der Waals surface area (Å²) >= 11 is 6.10. The molecule has 0 atom stereocenters. The minimum Gasteiger partial charge on any atom is -0.368 e. The maximum Gasteiger partial charge on any atom is 0.0455 e. The van der Waals surface area contributed by atoms with Gasteiger partial charge in [-0.1, -0.05) is 17.7 Å². The van der Waals surface area contributed by atoms with E-state index < -0.39 is 0 Å². The summed E-state index contributed by atoms with van der Waals surface area (Å²) in [5, 5.41) is 0.815. The zero-order valence-corrected chi connectivity index (χ0v) is 10.4. The summed E-state index contributed by atoms with van der Waals surface area (Å²) in [7, 11) is 0. The molecule has 0 aliphatic rings. The lowest BCUT2D eigenvalue weighted by molar-refractivity contribution is 0.682. The Bertz CT molecular complexity index is 323. The van der Waals surface area contributed by atoms with Crippen LogP contribution in [0.25, 0.3) is 0 Å². The quantitative estimate of drug-likeness (QED) is 0.856. The van der Waals surface area contributed by atoms with Crippen LogP contribution in [0.1, 0.15) is 19.4 Å². The van der Waals surface area contributed by atoms with E-state index >= 15 is 0 Å². The number of hydrogen-bond acceptors (Lipinski definition) is 2. The van der Waals surface area contributed by atoms with Crippen molar-refractivity contribution in [3.05, 3.63) is 28.8 Å². The Hall–Kier alpha value is -0.730. The van der Waals surface area contributed by atoms with Crippen LogP contribution in [0.2, 0.25) is 5.02 Å². The molecule has 0 amide bonds. The van der Waals surface area contributed by atoms with E-state index in [2.05, 4.69) is 24.8 Å². The van der Waals surface area contributed by atoms with Gasteiger partial charge in [-0.3, -0.25) is 0 Å². The topological polar surface area (TPSA) is 29.3 Å². The van der Waals surface area contributed by atoms with Crippen molar-refractivity contribution in [3.8, 4) is 0 Å². The predicted octanol–water partition coefficient (Wildman–Crippen LogP) is 2.82. The van der Waals surface area contributed by atoms with E-state index in [0.29, 0.717) is 12.6 Å². The highest BCUT2D eigenvalue weighted by Gasteiger charge is 2.12. The number of anilines is 1. The first-order chi connectivity index (χ1) is 7.07. The lowest BCUT2D eigenvalue weighted by Crippen LogP contribution is -2.35. The number of nitrogens with two attached hydrogens (primary N) is 1. The van der Waals surface area contributed by atoms with Crippen molar-refractivity contribution in [1.82, 2.24) is 0 Å². The molecule has 0 bridgehead atoms. The number of benzene rings is 1. The first kappa shape index (κ1) is 12.3. The Balaban J connectivity index is 3.05. The molecule has 0 aromatic heterocycles. The molecule has 3 heteroatoms. The minimum atomic E-state index is 0.436. The molecule has 1 rings (SSSR count). The van der Waals surface area contributed by atoms with E-state index in [1.165, 1.54) is 5.69 Å². The fraction of sp³-hybridized carbons (Fsp3) is 0.500. The zero-order chi connectivity index (χ0) is 11.4. The molecule has 0 aliphatic carbocycles. The molecular formula is C12H19ClN2. The van der Waals surface area contributed by atoms with Crippen molar-refractivity contribution in [2.24, 2.45) is 5.73 Å². The van der Waals surface area contributed by atoms with Gasteiger partial charge in [0, 0.05) is 29.8 Å². The van der Waals surface area contributed by atoms with Crippen molar-refractivity contribution >= 4 is 17.3 Å². The van der Waals surface area contributed by atoms with Crippen LogP contribution in [0.3, 0.4) is 0 Å². The fourth-order valence-electron chi connectivity index (χ4n) is 1.70. The van der Waals surface area contributed by atoms with Crippen LogP contribution in [-0.4, -0.2) is 19.1 Å². The van der Waals surface area contributed by atoms with Crippen molar-refractivity contribution in [1.29, 1.82) is 0 Å². The van der Waals surface area contributed by atoms with E-state index in [-0.39, 0.29) is 0 Å². The molecule has 15 heavy (non-hydrogen) atoms. The fourth-order valence-corrected chi connectivity index (χ4v) is 1.87. The largest absolute Gasteiger partial charge is 0.368 e. The summed E-state index contributed by atoms with van der Waals surface area (Å²) in [4.78, 5) is 2.28. The molecule has 1 aromatic rings. The van der Waals surface area contributed by atoms with Crippen molar-refractivity contribution < 1.29 is 0 Å². The highest BCUT2D eigenvalue weighted by atomic mass is 35.5. The normalized spacial score (nSPS) is 10.8. The Morgan fingerprint density at radius 3 is 2.60 bits per heavy atom. The van der Waals surface area contributed by atoms with Crippen LogP contribution in [0.5, 0.6) is 0 Å². The molecule has 2 nitrogen and oxygen atoms in total. The standard InChI is InChI=1S/C12H19ClN2/c1-9(2)15(8-7-14)12-6-4-5-11(13)10(12)3/h4-6,9H,7-8,14H2,1-3H3. The third-order valence-electron chi connectivity index (χ3n) is 2.54. The summed E-state index contributed by atoms with van der Waals surface area (Å²) in [5.74, 6) is 0. The Morgan fingerprint density at radius 1 is 1.40 bits per heavy atom. The molecule has 0 radical (unpaired) electrons. The summed E-state index contributed by atoms with van der Waals surface area (Å²) in [6, 6.07) is 6.43. The van der Waals surface area contributed by atoms with Crippen LogP contribution < -0.4 is 10.6 Å². The molecule has 0 saturated carbocycles. The van der Waals surface area contributed by atoms with E-state index in [1.54, 1.807) is 0 Å². The van der Waals surface area contributed by atoms with E-state index in [9.17, 15) is 0 Å². The number of halogens is 1. The molecule has 1 aromatic carbocycles. The average Bonchev–Trinajstić information content (AvgIpc) is 2.19. The third-order valence-corrected chi connectivity index (χ3v) is 2.95.